The van der Waals surface area contributed by atoms with Gasteiger partial charge >= 0.3 is 0 Å². The van der Waals surface area contributed by atoms with Crippen LogP contribution in [0.1, 0.15) is 6.92 Å². The van der Waals surface area contributed by atoms with Crippen LogP contribution in [0.5, 0.6) is 5.75 Å². The lowest BCUT2D eigenvalue weighted by Crippen LogP contribution is -2.26. The van der Waals surface area contributed by atoms with Crippen molar-refractivity contribution in [2.24, 2.45) is 15.3 Å². The zero-order chi connectivity index (χ0) is 17.6. The van der Waals surface area contributed by atoms with E-state index >= 15 is 0 Å². The zero-order valence-electron chi connectivity index (χ0n) is 13.7. The molecule has 0 atom stereocenters. The van der Waals surface area contributed by atoms with Gasteiger partial charge in [0.25, 0.3) is 5.56 Å². The molecule has 0 spiro atoms. The van der Waals surface area contributed by atoms with Crippen LogP contribution in [0.2, 0.25) is 0 Å². The van der Waals surface area contributed by atoms with E-state index in [4.69, 9.17) is 4.74 Å². The van der Waals surface area contributed by atoms with Gasteiger partial charge in [-0.3, -0.25) is 4.79 Å². The summed E-state index contributed by atoms with van der Waals surface area (Å²) in [7, 11) is 1.60. The lowest BCUT2D eigenvalue weighted by Gasteiger charge is -2.04. The molecule has 126 valence electrons. The first-order valence-corrected chi connectivity index (χ1v) is 7.50. The van der Waals surface area contributed by atoms with E-state index in [1.54, 1.807) is 56.5 Å². The molecule has 3 aromatic rings. The largest absolute Gasteiger partial charge is 0.497 e. The molecule has 1 aromatic heterocycles. The van der Waals surface area contributed by atoms with Crippen LogP contribution < -0.4 is 15.8 Å². The molecule has 0 aliphatic heterocycles. The molecule has 2 aromatic carbocycles. The van der Waals surface area contributed by atoms with Gasteiger partial charge in [-0.05, 0) is 43.3 Å². The second-order valence-electron chi connectivity index (χ2n) is 5.09. The molecule has 25 heavy (non-hydrogen) atoms. The summed E-state index contributed by atoms with van der Waals surface area (Å²) in [6, 6.07) is 14.2. The third kappa shape index (κ3) is 3.86. The Kier molecular flexibility index (Phi) is 4.79. The number of hydrazone groups is 1. The summed E-state index contributed by atoms with van der Waals surface area (Å²) in [5.41, 5.74) is 3.67. The normalized spacial score (nSPS) is 11.8. The minimum atomic E-state index is -0.241. The van der Waals surface area contributed by atoms with E-state index in [0.717, 1.165) is 5.75 Å². The van der Waals surface area contributed by atoms with Crippen LogP contribution in [0.4, 0.5) is 5.69 Å². The van der Waals surface area contributed by atoms with Crippen molar-refractivity contribution in [1.82, 2.24) is 9.66 Å². The second-order valence-corrected chi connectivity index (χ2v) is 5.09. The minimum Gasteiger partial charge on any atom is -0.497 e. The van der Waals surface area contributed by atoms with Crippen LogP contribution in [-0.4, -0.2) is 22.6 Å². The molecule has 1 N–H and O–H groups in total. The number of hydrogen-bond donors (Lipinski definition) is 1. The van der Waals surface area contributed by atoms with Crippen molar-refractivity contribution in [3.63, 3.8) is 0 Å². The van der Waals surface area contributed by atoms with Crippen LogP contribution in [0, 0.1) is 0 Å². The molecule has 0 radical (unpaired) electrons. The predicted octanol–water partition coefficient (Wildman–Crippen LogP) is 3.07. The summed E-state index contributed by atoms with van der Waals surface area (Å²) >= 11 is 0. The monoisotopic (exact) mass is 336 g/mol. The fourth-order valence-corrected chi connectivity index (χ4v) is 2.07. The third-order valence-electron chi connectivity index (χ3n) is 3.37. The number of ether oxygens (including phenoxy) is 1. The summed E-state index contributed by atoms with van der Waals surface area (Å²) in [5.74, 6) is 1.10. The SMILES string of the molecule is COc1ccc(N=NC(C)=NNn2cnc3ccccc3c2=O)cc1. The van der Waals surface area contributed by atoms with E-state index in [1.165, 1.54) is 11.0 Å². The maximum absolute atomic E-state index is 12.3. The second kappa shape index (κ2) is 7.35. The first kappa shape index (κ1) is 16.3. The summed E-state index contributed by atoms with van der Waals surface area (Å²) in [6.45, 7) is 1.67. The van der Waals surface area contributed by atoms with Gasteiger partial charge < -0.3 is 4.74 Å². The number of nitrogens with zero attached hydrogens (tertiary/aromatic N) is 5. The molecule has 0 unspecified atom stereocenters. The summed E-state index contributed by atoms with van der Waals surface area (Å²) in [5, 5.41) is 12.6. The predicted molar refractivity (Wildman–Crippen MR) is 96.0 cm³/mol. The highest BCUT2D eigenvalue weighted by Crippen LogP contribution is 2.17. The number of fused-ring (bicyclic) bond motifs is 1. The van der Waals surface area contributed by atoms with E-state index in [1.807, 2.05) is 6.07 Å². The Balaban J connectivity index is 1.73. The molecule has 0 aliphatic carbocycles. The lowest BCUT2D eigenvalue weighted by atomic mass is 10.2. The quantitative estimate of drug-likeness (QED) is 0.343. The van der Waals surface area contributed by atoms with Crippen molar-refractivity contribution in [2.45, 2.75) is 6.92 Å². The standard InChI is InChI=1S/C17H16N6O2/c1-12(19-21-13-7-9-14(25-2)10-8-13)20-22-23-11-18-16-6-4-3-5-15(16)17(23)24/h3-11,22H,1-2H3. The Morgan fingerprint density at radius 3 is 2.68 bits per heavy atom. The molecule has 3 rings (SSSR count). The van der Waals surface area contributed by atoms with E-state index in [2.05, 4.69) is 25.8 Å². The summed E-state index contributed by atoms with van der Waals surface area (Å²) in [4.78, 5) is 16.5. The molecule has 0 saturated heterocycles. The Labute approximate surface area is 143 Å². The Bertz CT molecular complexity index is 992. The molecule has 0 saturated carbocycles. The number of benzene rings is 2. The first-order valence-electron chi connectivity index (χ1n) is 7.50. The van der Waals surface area contributed by atoms with Gasteiger partial charge in [0.1, 0.15) is 12.1 Å². The van der Waals surface area contributed by atoms with Crippen molar-refractivity contribution >= 4 is 22.4 Å². The van der Waals surface area contributed by atoms with Crippen molar-refractivity contribution < 1.29 is 4.74 Å². The number of azo groups is 1. The number of amidine groups is 1. The third-order valence-corrected chi connectivity index (χ3v) is 3.37. The number of para-hydroxylation sites is 1. The van der Waals surface area contributed by atoms with Gasteiger partial charge in [0.05, 0.1) is 23.7 Å². The highest BCUT2D eigenvalue weighted by Gasteiger charge is 2.02. The summed E-state index contributed by atoms with van der Waals surface area (Å²) < 4.78 is 6.27. The molecule has 0 aliphatic rings. The number of nitrogens with one attached hydrogen (secondary N) is 1. The first-order chi connectivity index (χ1) is 12.2. The Morgan fingerprint density at radius 1 is 1.16 bits per heavy atom. The smallest absolute Gasteiger partial charge is 0.281 e. The molecule has 8 heteroatoms. The lowest BCUT2D eigenvalue weighted by molar-refractivity contribution is 0.415. The van der Waals surface area contributed by atoms with E-state index in [9.17, 15) is 4.79 Å². The molecule has 1 heterocycles. The van der Waals surface area contributed by atoms with Crippen LogP contribution in [0.25, 0.3) is 10.9 Å². The van der Waals surface area contributed by atoms with E-state index < -0.39 is 0 Å². The fraction of sp³-hybridized carbons (Fsp3) is 0.118. The molecular weight excluding hydrogens is 320 g/mol. The van der Waals surface area contributed by atoms with Crippen molar-refractivity contribution in [1.29, 1.82) is 0 Å². The van der Waals surface area contributed by atoms with Gasteiger partial charge in [-0.2, -0.15) is 4.68 Å². The highest BCUT2D eigenvalue weighted by atomic mass is 16.5. The Morgan fingerprint density at radius 2 is 1.92 bits per heavy atom. The van der Waals surface area contributed by atoms with Crippen LogP contribution in [0.15, 0.2) is 75.0 Å². The summed E-state index contributed by atoms with van der Waals surface area (Å²) in [6.07, 6.45) is 1.38. The molecule has 0 fully saturated rings. The number of aromatic nitrogens is 2. The zero-order valence-corrected chi connectivity index (χ0v) is 13.7. The number of methoxy groups -OCH3 is 1. The maximum atomic E-state index is 12.3. The molecular formula is C17H16N6O2. The van der Waals surface area contributed by atoms with Gasteiger partial charge in [0.15, 0.2) is 5.84 Å². The highest BCUT2D eigenvalue weighted by molar-refractivity contribution is 5.80. The van der Waals surface area contributed by atoms with Gasteiger partial charge in [-0.15, -0.1) is 15.3 Å². The average molecular weight is 336 g/mol. The molecule has 0 bridgehead atoms. The minimum absolute atomic E-state index is 0.241. The fourth-order valence-electron chi connectivity index (χ4n) is 2.07. The van der Waals surface area contributed by atoms with E-state index in [-0.39, 0.29) is 5.56 Å². The van der Waals surface area contributed by atoms with Crippen LogP contribution in [-0.2, 0) is 0 Å². The average Bonchev–Trinajstić information content (AvgIpc) is 2.66. The number of rotatable bonds is 4. The van der Waals surface area contributed by atoms with Gasteiger partial charge in [0, 0.05) is 0 Å². The van der Waals surface area contributed by atoms with Crippen LogP contribution >= 0.6 is 0 Å². The van der Waals surface area contributed by atoms with E-state index in [0.29, 0.717) is 22.4 Å². The Hall–Kier alpha value is -3.55. The van der Waals surface area contributed by atoms with Gasteiger partial charge in [-0.25, -0.2) is 10.5 Å². The van der Waals surface area contributed by atoms with Gasteiger partial charge in [-0.1, -0.05) is 12.1 Å². The van der Waals surface area contributed by atoms with Gasteiger partial charge in [0.2, 0.25) is 0 Å². The van der Waals surface area contributed by atoms with Crippen LogP contribution in [0.3, 0.4) is 0 Å². The maximum Gasteiger partial charge on any atom is 0.281 e. The topological polar surface area (TPSA) is 93.2 Å². The molecule has 8 nitrogen and oxygen atoms in total. The van der Waals surface area contributed by atoms with Crippen molar-refractivity contribution in [2.75, 3.05) is 12.6 Å². The van der Waals surface area contributed by atoms with Crippen molar-refractivity contribution in [3.05, 3.63) is 65.2 Å². The van der Waals surface area contributed by atoms with Crippen molar-refractivity contribution in [3.8, 4) is 5.75 Å². The molecule has 0 amide bonds. The number of hydrogen-bond acceptors (Lipinski definition) is 6.